The normalized spacial score (nSPS) is 11.6. The van der Waals surface area contributed by atoms with E-state index in [0.29, 0.717) is 47.1 Å². The first-order chi connectivity index (χ1) is 13.2. The third kappa shape index (κ3) is 5.48. The van der Waals surface area contributed by atoms with E-state index in [1.807, 2.05) is 19.1 Å². The van der Waals surface area contributed by atoms with Gasteiger partial charge < -0.3 is 15.1 Å². The summed E-state index contributed by atoms with van der Waals surface area (Å²) >= 11 is 12.1. The summed E-state index contributed by atoms with van der Waals surface area (Å²) in [7, 11) is 0. The van der Waals surface area contributed by atoms with E-state index in [1.54, 1.807) is 24.5 Å². The van der Waals surface area contributed by atoms with Crippen LogP contribution in [-0.4, -0.2) is 34.2 Å². The van der Waals surface area contributed by atoms with Gasteiger partial charge in [-0.05, 0) is 36.8 Å². The SMILES string of the molecule is CCNC(=NCc1ccc(Cl)cc1Cl)NCCc1nc(-c2ccco2)n[nH]1. The molecule has 0 amide bonds. The van der Waals surface area contributed by atoms with E-state index in [9.17, 15) is 0 Å². The number of hydrogen-bond acceptors (Lipinski definition) is 4. The number of guanidine groups is 1. The van der Waals surface area contributed by atoms with Gasteiger partial charge in [0.25, 0.3) is 0 Å². The number of nitrogens with zero attached hydrogens (tertiary/aromatic N) is 3. The Bertz CT molecular complexity index is 891. The number of nitrogens with one attached hydrogen (secondary N) is 3. The van der Waals surface area contributed by atoms with Crippen molar-refractivity contribution in [3.05, 3.63) is 58.0 Å². The van der Waals surface area contributed by atoms with Gasteiger partial charge >= 0.3 is 0 Å². The van der Waals surface area contributed by atoms with E-state index >= 15 is 0 Å². The molecular weight excluding hydrogens is 387 g/mol. The standard InChI is InChI=1S/C18H20Cl2N6O/c1-2-21-18(23-11-12-5-6-13(19)10-14(12)20)22-8-7-16-24-17(26-25-16)15-4-3-9-27-15/h3-6,9-10H,2,7-8,11H2,1H3,(H2,21,22,23)(H,24,25,26). The molecule has 2 aromatic heterocycles. The number of halogens is 2. The second kappa shape index (κ2) is 9.43. The molecule has 3 rings (SSSR count). The molecule has 27 heavy (non-hydrogen) atoms. The number of rotatable bonds is 7. The van der Waals surface area contributed by atoms with Crippen LogP contribution in [0.5, 0.6) is 0 Å². The number of aliphatic imine (C=N–C) groups is 1. The van der Waals surface area contributed by atoms with Gasteiger partial charge in [0.05, 0.1) is 12.8 Å². The van der Waals surface area contributed by atoms with Gasteiger partial charge in [-0.3, -0.25) is 5.10 Å². The Kier molecular flexibility index (Phi) is 6.73. The van der Waals surface area contributed by atoms with Crippen LogP contribution in [0, 0.1) is 0 Å². The molecule has 0 radical (unpaired) electrons. The van der Waals surface area contributed by atoms with E-state index in [0.717, 1.165) is 17.9 Å². The van der Waals surface area contributed by atoms with Crippen molar-refractivity contribution in [2.24, 2.45) is 4.99 Å². The summed E-state index contributed by atoms with van der Waals surface area (Å²) < 4.78 is 5.29. The minimum absolute atomic E-state index is 0.455. The monoisotopic (exact) mass is 406 g/mol. The first-order valence-electron chi connectivity index (χ1n) is 8.57. The molecule has 9 heteroatoms. The summed E-state index contributed by atoms with van der Waals surface area (Å²) in [6.45, 7) is 3.87. The van der Waals surface area contributed by atoms with Crippen molar-refractivity contribution in [2.75, 3.05) is 13.1 Å². The molecular formula is C18H20Cl2N6O. The fourth-order valence-corrected chi connectivity index (χ4v) is 2.85. The van der Waals surface area contributed by atoms with Crippen LogP contribution in [0.4, 0.5) is 0 Å². The lowest BCUT2D eigenvalue weighted by Crippen LogP contribution is -2.38. The first kappa shape index (κ1) is 19.3. The molecule has 0 aliphatic heterocycles. The molecule has 0 aliphatic carbocycles. The van der Waals surface area contributed by atoms with Gasteiger partial charge in [-0.25, -0.2) is 9.98 Å². The van der Waals surface area contributed by atoms with Crippen molar-refractivity contribution >= 4 is 29.2 Å². The smallest absolute Gasteiger partial charge is 0.216 e. The Labute approximate surface area is 167 Å². The maximum atomic E-state index is 6.20. The van der Waals surface area contributed by atoms with Crippen LogP contribution in [-0.2, 0) is 13.0 Å². The third-order valence-electron chi connectivity index (χ3n) is 3.69. The summed E-state index contributed by atoms with van der Waals surface area (Å²) in [5, 5.41) is 14.8. The minimum Gasteiger partial charge on any atom is -0.461 e. The first-order valence-corrected chi connectivity index (χ1v) is 9.32. The lowest BCUT2D eigenvalue weighted by Gasteiger charge is -2.11. The van der Waals surface area contributed by atoms with Gasteiger partial charge in [-0.1, -0.05) is 29.3 Å². The predicted molar refractivity (Wildman–Crippen MR) is 107 cm³/mol. The average Bonchev–Trinajstić information content (AvgIpc) is 3.32. The molecule has 2 heterocycles. The number of furan rings is 1. The summed E-state index contributed by atoms with van der Waals surface area (Å²) in [6.07, 6.45) is 2.26. The van der Waals surface area contributed by atoms with Gasteiger partial charge in [0.1, 0.15) is 5.82 Å². The second-order valence-electron chi connectivity index (χ2n) is 5.69. The summed E-state index contributed by atoms with van der Waals surface area (Å²) in [4.78, 5) is 8.98. The molecule has 142 valence electrons. The molecule has 0 unspecified atom stereocenters. The van der Waals surface area contributed by atoms with Crippen molar-refractivity contribution in [3.8, 4) is 11.6 Å². The lowest BCUT2D eigenvalue weighted by molar-refractivity contribution is 0.577. The number of hydrogen-bond donors (Lipinski definition) is 3. The molecule has 0 bridgehead atoms. The zero-order valence-corrected chi connectivity index (χ0v) is 16.3. The molecule has 1 aromatic carbocycles. The summed E-state index contributed by atoms with van der Waals surface area (Å²) in [5.74, 6) is 2.66. The maximum absolute atomic E-state index is 6.20. The molecule has 0 atom stereocenters. The van der Waals surface area contributed by atoms with Crippen LogP contribution in [0.1, 0.15) is 18.3 Å². The average molecular weight is 407 g/mol. The highest BCUT2D eigenvalue weighted by Crippen LogP contribution is 2.21. The number of benzene rings is 1. The Morgan fingerprint density at radius 2 is 2.15 bits per heavy atom. The highest BCUT2D eigenvalue weighted by molar-refractivity contribution is 6.35. The topological polar surface area (TPSA) is 91.1 Å². The molecule has 0 spiro atoms. The van der Waals surface area contributed by atoms with Crippen LogP contribution in [0.2, 0.25) is 10.0 Å². The number of aromatic nitrogens is 3. The van der Waals surface area contributed by atoms with Gasteiger partial charge in [0.15, 0.2) is 11.7 Å². The van der Waals surface area contributed by atoms with Crippen molar-refractivity contribution in [2.45, 2.75) is 19.9 Å². The van der Waals surface area contributed by atoms with Crippen LogP contribution < -0.4 is 10.6 Å². The van der Waals surface area contributed by atoms with E-state index < -0.39 is 0 Å². The summed E-state index contributed by atoms with van der Waals surface area (Å²) in [6, 6.07) is 9.03. The van der Waals surface area contributed by atoms with Crippen molar-refractivity contribution in [1.82, 2.24) is 25.8 Å². The van der Waals surface area contributed by atoms with E-state index in [4.69, 9.17) is 27.6 Å². The zero-order chi connectivity index (χ0) is 19.1. The predicted octanol–water partition coefficient (Wildman–Crippen LogP) is 3.67. The van der Waals surface area contributed by atoms with Crippen LogP contribution in [0.25, 0.3) is 11.6 Å². The molecule has 0 fully saturated rings. The quantitative estimate of drug-likeness (QED) is 0.411. The van der Waals surface area contributed by atoms with Gasteiger partial charge in [0.2, 0.25) is 5.82 Å². The Hall–Kier alpha value is -2.51. The van der Waals surface area contributed by atoms with Crippen LogP contribution in [0.3, 0.4) is 0 Å². The number of H-pyrrole nitrogens is 1. The molecule has 0 aliphatic rings. The van der Waals surface area contributed by atoms with E-state index in [1.165, 1.54) is 0 Å². The molecule has 7 nitrogen and oxygen atoms in total. The van der Waals surface area contributed by atoms with Crippen molar-refractivity contribution < 1.29 is 4.42 Å². The molecule has 3 aromatic rings. The fraction of sp³-hybridized carbons (Fsp3) is 0.278. The lowest BCUT2D eigenvalue weighted by atomic mass is 10.2. The van der Waals surface area contributed by atoms with Crippen molar-refractivity contribution in [1.29, 1.82) is 0 Å². The van der Waals surface area contributed by atoms with Gasteiger partial charge in [0, 0.05) is 29.6 Å². The Morgan fingerprint density at radius 1 is 1.26 bits per heavy atom. The third-order valence-corrected chi connectivity index (χ3v) is 4.28. The second-order valence-corrected chi connectivity index (χ2v) is 6.53. The molecule has 0 saturated carbocycles. The Morgan fingerprint density at radius 3 is 2.89 bits per heavy atom. The van der Waals surface area contributed by atoms with E-state index in [2.05, 4.69) is 30.8 Å². The van der Waals surface area contributed by atoms with Gasteiger partial charge in [-0.15, -0.1) is 0 Å². The molecule has 0 saturated heterocycles. The van der Waals surface area contributed by atoms with Crippen LogP contribution in [0.15, 0.2) is 46.0 Å². The van der Waals surface area contributed by atoms with Crippen LogP contribution >= 0.6 is 23.2 Å². The van der Waals surface area contributed by atoms with Gasteiger partial charge in [-0.2, -0.15) is 5.10 Å². The largest absolute Gasteiger partial charge is 0.461 e. The zero-order valence-electron chi connectivity index (χ0n) is 14.8. The highest BCUT2D eigenvalue weighted by Gasteiger charge is 2.08. The molecule has 3 N–H and O–H groups in total. The summed E-state index contributed by atoms with van der Waals surface area (Å²) in [5.41, 5.74) is 0.914. The fourth-order valence-electron chi connectivity index (χ4n) is 2.38. The Balaban J connectivity index is 1.55. The van der Waals surface area contributed by atoms with Crippen molar-refractivity contribution in [3.63, 3.8) is 0 Å². The highest BCUT2D eigenvalue weighted by atomic mass is 35.5. The minimum atomic E-state index is 0.455. The number of aromatic amines is 1. The maximum Gasteiger partial charge on any atom is 0.216 e. The van der Waals surface area contributed by atoms with E-state index in [-0.39, 0.29) is 0 Å².